The fourth-order valence-corrected chi connectivity index (χ4v) is 5.47. The van der Waals surface area contributed by atoms with Gasteiger partial charge in [-0.15, -0.1) is 0 Å². The molecule has 0 aliphatic carbocycles. The lowest BCUT2D eigenvalue weighted by atomic mass is 10.0. The minimum atomic E-state index is -3.12. The second kappa shape index (κ2) is 13.4. The lowest BCUT2D eigenvalue weighted by Crippen LogP contribution is -2.53. The van der Waals surface area contributed by atoms with Crippen molar-refractivity contribution >= 4 is 34.7 Å². The molecule has 4 aromatic rings. The number of nitrogens with zero attached hydrogens (tertiary/aromatic N) is 7. The molecule has 2 N–H and O–H groups in total. The van der Waals surface area contributed by atoms with E-state index < -0.39 is 18.9 Å². The lowest BCUT2D eigenvalue weighted by Gasteiger charge is -2.37. The zero-order valence-electron chi connectivity index (χ0n) is 24.1. The van der Waals surface area contributed by atoms with Gasteiger partial charge >= 0.3 is 6.61 Å². The van der Waals surface area contributed by atoms with Crippen molar-refractivity contribution in [2.45, 2.75) is 38.5 Å². The van der Waals surface area contributed by atoms with Crippen LogP contribution in [0.2, 0.25) is 5.02 Å². The van der Waals surface area contributed by atoms with Gasteiger partial charge in [0.25, 0.3) is 5.91 Å². The van der Waals surface area contributed by atoms with Crippen molar-refractivity contribution in [3.8, 4) is 17.0 Å². The minimum Gasteiger partial charge on any atom is -0.434 e. The average molecular weight is 646 g/mol. The molecule has 2 saturated heterocycles. The van der Waals surface area contributed by atoms with E-state index in [9.17, 15) is 18.4 Å². The van der Waals surface area contributed by atoms with Crippen molar-refractivity contribution in [2.24, 2.45) is 0 Å². The number of amides is 2. The number of ether oxygens (including phenoxy) is 3. The number of aromatic nitrogens is 5. The Hall–Kier alpha value is -4.22. The highest BCUT2D eigenvalue weighted by atomic mass is 35.5. The first-order chi connectivity index (χ1) is 21.7. The van der Waals surface area contributed by atoms with Gasteiger partial charge in [-0.2, -0.15) is 19.0 Å². The van der Waals surface area contributed by atoms with Crippen LogP contribution < -0.4 is 15.5 Å². The maximum absolute atomic E-state index is 13.4. The molecule has 45 heavy (non-hydrogen) atoms. The summed E-state index contributed by atoms with van der Waals surface area (Å²) < 4.78 is 45.0. The van der Waals surface area contributed by atoms with Gasteiger partial charge < -0.3 is 24.4 Å². The molecular formula is C28H30ClF2N9O5. The van der Waals surface area contributed by atoms with Gasteiger partial charge in [-0.3, -0.25) is 14.3 Å². The molecule has 0 atom stereocenters. The Kier molecular flexibility index (Phi) is 9.18. The number of likely N-dealkylation sites (tertiary alicyclic amines) is 1. The van der Waals surface area contributed by atoms with E-state index in [1.165, 1.54) is 46.0 Å². The van der Waals surface area contributed by atoms with E-state index in [1.54, 1.807) is 17.2 Å². The third kappa shape index (κ3) is 7.04. The van der Waals surface area contributed by atoms with Gasteiger partial charge in [0.1, 0.15) is 23.6 Å². The molecule has 2 fully saturated rings. The number of carbonyl (C=O) groups is 2. The zero-order chi connectivity index (χ0) is 31.5. The van der Waals surface area contributed by atoms with E-state index in [0.717, 1.165) is 12.8 Å². The van der Waals surface area contributed by atoms with Crippen molar-refractivity contribution in [1.29, 1.82) is 0 Å². The molecule has 0 bridgehead atoms. The molecule has 2 amide bonds. The Morgan fingerprint density at radius 3 is 2.76 bits per heavy atom. The summed E-state index contributed by atoms with van der Waals surface area (Å²) in [6.45, 7) is -1.17. The normalized spacial score (nSPS) is 16.3. The molecule has 2 aliphatic rings. The molecule has 3 aromatic heterocycles. The summed E-state index contributed by atoms with van der Waals surface area (Å²) in [4.78, 5) is 32.7. The summed E-state index contributed by atoms with van der Waals surface area (Å²) in [7, 11) is 1.92. The van der Waals surface area contributed by atoms with Crippen molar-refractivity contribution in [3.05, 3.63) is 59.6 Å². The van der Waals surface area contributed by atoms with Crippen LogP contribution in [0.5, 0.6) is 5.75 Å². The highest BCUT2D eigenvalue weighted by molar-refractivity contribution is 6.31. The Bertz CT molecular complexity index is 1670. The van der Waals surface area contributed by atoms with Crippen LogP contribution in [0.15, 0.2) is 49.1 Å². The maximum atomic E-state index is 13.4. The number of benzene rings is 1. The van der Waals surface area contributed by atoms with Gasteiger partial charge in [0, 0.05) is 55.4 Å². The standard InChI is InChI=1S/C28H30ClF2N9O5/c1-37(36-28-43-11-12-44-28)18-5-9-38(10-6-18)23(41)16-39-15-21(34-26(42)20-14-33-40-8-2-7-32-25(20)40)24(35-39)19-13-17(29)3-4-22(19)45-27(30)31/h2-4,7-8,13-15,18,27-28,36H,5-6,9-12,16H2,1H3,(H,34,42). The number of piperidine rings is 1. The van der Waals surface area contributed by atoms with Gasteiger partial charge in [-0.05, 0) is 37.1 Å². The van der Waals surface area contributed by atoms with E-state index in [2.05, 4.69) is 25.9 Å². The summed E-state index contributed by atoms with van der Waals surface area (Å²) in [5.41, 5.74) is 4.00. The third-order valence-corrected chi connectivity index (χ3v) is 7.77. The first-order valence-electron chi connectivity index (χ1n) is 14.2. The van der Waals surface area contributed by atoms with Crippen LogP contribution in [0, 0.1) is 0 Å². The molecule has 0 saturated carbocycles. The largest absolute Gasteiger partial charge is 0.434 e. The van der Waals surface area contributed by atoms with Crippen LogP contribution in [-0.4, -0.2) is 98.5 Å². The second-order valence-corrected chi connectivity index (χ2v) is 10.9. The lowest BCUT2D eigenvalue weighted by molar-refractivity contribution is -0.136. The summed E-state index contributed by atoms with van der Waals surface area (Å²) >= 11 is 6.22. The number of nitrogens with one attached hydrogen (secondary N) is 2. The fraction of sp³-hybridized carbons (Fsp3) is 0.393. The topological polar surface area (TPSA) is 140 Å². The van der Waals surface area contributed by atoms with Gasteiger partial charge in [-0.1, -0.05) is 11.6 Å². The van der Waals surface area contributed by atoms with Crippen LogP contribution >= 0.6 is 11.6 Å². The molecular weight excluding hydrogens is 616 g/mol. The molecule has 17 heteroatoms. The molecule has 2 aliphatic heterocycles. The number of halogens is 3. The Morgan fingerprint density at radius 2 is 2.00 bits per heavy atom. The molecule has 238 valence electrons. The minimum absolute atomic E-state index is 0.0847. The summed E-state index contributed by atoms with van der Waals surface area (Å²) in [6.07, 6.45) is 6.95. The molecule has 6 rings (SSSR count). The first-order valence-corrected chi connectivity index (χ1v) is 14.5. The number of fused-ring (bicyclic) bond motifs is 1. The maximum Gasteiger partial charge on any atom is 0.387 e. The number of hydrogen-bond acceptors (Lipinski definition) is 10. The van der Waals surface area contributed by atoms with E-state index in [-0.39, 0.29) is 51.8 Å². The van der Waals surface area contributed by atoms with Crippen LogP contribution in [0.1, 0.15) is 23.2 Å². The predicted octanol–water partition coefficient (Wildman–Crippen LogP) is 2.86. The Balaban J connectivity index is 1.21. The predicted molar refractivity (Wildman–Crippen MR) is 156 cm³/mol. The summed E-state index contributed by atoms with van der Waals surface area (Å²) in [5, 5.41) is 13.6. The zero-order valence-corrected chi connectivity index (χ0v) is 24.9. The quantitative estimate of drug-likeness (QED) is 0.248. The average Bonchev–Trinajstić information content (AvgIpc) is 3.78. The molecule has 5 heterocycles. The van der Waals surface area contributed by atoms with Gasteiger partial charge in [0.2, 0.25) is 12.3 Å². The van der Waals surface area contributed by atoms with E-state index >= 15 is 0 Å². The van der Waals surface area contributed by atoms with Crippen LogP contribution in [0.4, 0.5) is 14.5 Å². The van der Waals surface area contributed by atoms with E-state index in [4.69, 9.17) is 25.8 Å². The first kappa shape index (κ1) is 30.8. The van der Waals surface area contributed by atoms with E-state index in [0.29, 0.717) is 32.0 Å². The molecule has 1 aromatic carbocycles. The van der Waals surface area contributed by atoms with E-state index in [1.807, 2.05) is 12.1 Å². The van der Waals surface area contributed by atoms with Crippen molar-refractivity contribution < 1.29 is 32.6 Å². The number of alkyl halides is 2. The molecule has 0 unspecified atom stereocenters. The van der Waals surface area contributed by atoms with Crippen LogP contribution in [-0.2, 0) is 20.8 Å². The number of rotatable bonds is 10. The third-order valence-electron chi connectivity index (χ3n) is 7.54. The number of hydrazine groups is 1. The van der Waals surface area contributed by atoms with Crippen molar-refractivity contribution in [1.82, 2.24) is 39.7 Å². The van der Waals surface area contributed by atoms with Crippen LogP contribution in [0.3, 0.4) is 0 Å². The second-order valence-electron chi connectivity index (χ2n) is 10.4. The molecule has 0 spiro atoms. The molecule has 14 nitrogen and oxygen atoms in total. The Morgan fingerprint density at radius 1 is 1.22 bits per heavy atom. The monoisotopic (exact) mass is 645 g/mol. The highest BCUT2D eigenvalue weighted by Gasteiger charge is 2.29. The van der Waals surface area contributed by atoms with Gasteiger partial charge in [0.15, 0.2) is 5.65 Å². The smallest absolute Gasteiger partial charge is 0.387 e. The number of hydrogen-bond donors (Lipinski definition) is 2. The summed E-state index contributed by atoms with van der Waals surface area (Å²) in [5.74, 6) is -0.963. The fourth-order valence-electron chi connectivity index (χ4n) is 5.30. The Labute approximate surface area is 260 Å². The van der Waals surface area contributed by atoms with Crippen molar-refractivity contribution in [3.63, 3.8) is 0 Å². The summed E-state index contributed by atoms with van der Waals surface area (Å²) in [6, 6.07) is 5.93. The van der Waals surface area contributed by atoms with Crippen molar-refractivity contribution in [2.75, 3.05) is 38.7 Å². The van der Waals surface area contributed by atoms with Gasteiger partial charge in [0.05, 0.1) is 25.1 Å². The SMILES string of the molecule is CN(NC1OCCO1)C1CCN(C(=O)Cn2cc(NC(=O)c3cnn4cccnc34)c(-c3cc(Cl)ccc3OC(F)F)n2)CC1. The van der Waals surface area contributed by atoms with Crippen LogP contribution in [0.25, 0.3) is 16.9 Å². The number of carbonyl (C=O) groups excluding carboxylic acids is 2. The molecule has 0 radical (unpaired) electrons. The number of anilines is 1. The van der Waals surface area contributed by atoms with Gasteiger partial charge in [-0.25, -0.2) is 19.9 Å². The highest BCUT2D eigenvalue weighted by Crippen LogP contribution is 2.37.